The molecule has 0 aliphatic carbocycles. The number of carbonyl (C=O) groups excluding carboxylic acids is 1. The van der Waals surface area contributed by atoms with Gasteiger partial charge in [0.15, 0.2) is 5.82 Å². The standard InChI is InChI=1S/C27H29BClN5O2/c1-2-24(33(15-7-14-30)26(35)18-8-6-9-19(28)16-18)25-31-23-17-20(29)12-13-22(23)27(36)34(25)32-21-10-4-3-5-11-21/h3-6,8-13,16-17,24,32H,2,7,14-15,28,30H2,1H3. The lowest BCUT2D eigenvalue weighted by molar-refractivity contribution is 0.0657. The smallest absolute Gasteiger partial charge is 0.280 e. The van der Waals surface area contributed by atoms with E-state index in [4.69, 9.17) is 22.3 Å². The van der Waals surface area contributed by atoms with Gasteiger partial charge in [-0.25, -0.2) is 9.66 Å². The molecule has 0 fully saturated rings. The average molecular weight is 502 g/mol. The summed E-state index contributed by atoms with van der Waals surface area (Å²) < 4.78 is 1.44. The number of nitrogens with one attached hydrogen (secondary N) is 1. The molecule has 1 unspecified atom stereocenters. The molecule has 0 aliphatic rings. The molecule has 1 atom stereocenters. The van der Waals surface area contributed by atoms with Gasteiger partial charge in [-0.2, -0.15) is 0 Å². The normalized spacial score (nSPS) is 11.9. The predicted octanol–water partition coefficient (Wildman–Crippen LogP) is 3.13. The van der Waals surface area contributed by atoms with Crippen molar-refractivity contribution in [3.63, 3.8) is 0 Å². The summed E-state index contributed by atoms with van der Waals surface area (Å²) in [5, 5.41) is 0.915. The molecule has 9 heteroatoms. The molecule has 184 valence electrons. The third kappa shape index (κ3) is 5.45. The van der Waals surface area contributed by atoms with Gasteiger partial charge in [0, 0.05) is 17.1 Å². The first-order chi connectivity index (χ1) is 17.4. The molecule has 0 spiro atoms. The first-order valence-corrected chi connectivity index (χ1v) is 12.4. The summed E-state index contributed by atoms with van der Waals surface area (Å²) in [6.07, 6.45) is 1.15. The van der Waals surface area contributed by atoms with Crippen molar-refractivity contribution in [3.05, 3.63) is 99.6 Å². The van der Waals surface area contributed by atoms with Crippen LogP contribution < -0.4 is 22.2 Å². The van der Waals surface area contributed by atoms with Crippen LogP contribution in [0.3, 0.4) is 0 Å². The molecule has 3 N–H and O–H groups in total. The Bertz CT molecular complexity index is 1430. The van der Waals surface area contributed by atoms with Gasteiger partial charge in [0.25, 0.3) is 11.5 Å². The largest absolute Gasteiger partial charge is 0.330 e. The van der Waals surface area contributed by atoms with E-state index < -0.39 is 6.04 Å². The molecule has 0 aliphatic heterocycles. The molecule has 0 bridgehead atoms. The Hall–Kier alpha value is -3.62. The van der Waals surface area contributed by atoms with Crippen LogP contribution in [0, 0.1) is 0 Å². The Balaban J connectivity index is 1.90. The van der Waals surface area contributed by atoms with E-state index in [0.717, 1.165) is 11.2 Å². The zero-order valence-electron chi connectivity index (χ0n) is 20.4. The summed E-state index contributed by atoms with van der Waals surface area (Å²) in [6, 6.07) is 21.4. The summed E-state index contributed by atoms with van der Waals surface area (Å²) in [6.45, 7) is 2.84. The third-order valence-corrected chi connectivity index (χ3v) is 6.30. The first-order valence-electron chi connectivity index (χ1n) is 12.0. The number of hydrogen-bond acceptors (Lipinski definition) is 5. The van der Waals surface area contributed by atoms with E-state index in [1.807, 2.05) is 63.3 Å². The van der Waals surface area contributed by atoms with Gasteiger partial charge in [-0.1, -0.05) is 60.4 Å². The highest BCUT2D eigenvalue weighted by molar-refractivity contribution is 6.32. The fourth-order valence-corrected chi connectivity index (χ4v) is 4.46. The number of aromatic nitrogens is 2. The molecule has 4 aromatic rings. The van der Waals surface area contributed by atoms with Gasteiger partial charge in [-0.05, 0) is 55.8 Å². The van der Waals surface area contributed by atoms with Crippen molar-refractivity contribution in [1.82, 2.24) is 14.6 Å². The van der Waals surface area contributed by atoms with Gasteiger partial charge < -0.3 is 10.6 Å². The van der Waals surface area contributed by atoms with Crippen LogP contribution in [0.2, 0.25) is 5.02 Å². The van der Waals surface area contributed by atoms with Crippen LogP contribution in [0.25, 0.3) is 10.9 Å². The van der Waals surface area contributed by atoms with Gasteiger partial charge in [0.05, 0.1) is 22.6 Å². The van der Waals surface area contributed by atoms with E-state index in [9.17, 15) is 9.59 Å². The zero-order valence-corrected chi connectivity index (χ0v) is 21.2. The zero-order chi connectivity index (χ0) is 25.7. The topological polar surface area (TPSA) is 93.2 Å². The third-order valence-electron chi connectivity index (χ3n) is 6.06. The average Bonchev–Trinajstić information content (AvgIpc) is 2.88. The minimum atomic E-state index is -0.489. The number of anilines is 1. The molecule has 4 rings (SSSR count). The van der Waals surface area contributed by atoms with Crippen LogP contribution in [0.5, 0.6) is 0 Å². The van der Waals surface area contributed by atoms with Crippen LogP contribution in [-0.4, -0.2) is 41.4 Å². The SMILES string of the molecule is Bc1cccc(C(=O)N(CCCN)C(CC)c2nc3cc(Cl)ccc3c(=O)n2Nc2ccccc2)c1. The second-order valence-electron chi connectivity index (χ2n) is 8.68. The van der Waals surface area contributed by atoms with Crippen LogP contribution in [0.15, 0.2) is 77.6 Å². The van der Waals surface area contributed by atoms with E-state index in [1.165, 1.54) is 4.68 Å². The number of carbonyl (C=O) groups is 1. The maximum absolute atomic E-state index is 13.8. The summed E-state index contributed by atoms with van der Waals surface area (Å²) in [4.78, 5) is 34.1. The fourth-order valence-electron chi connectivity index (χ4n) is 4.30. The number of amides is 1. The molecular weight excluding hydrogens is 473 g/mol. The number of fused-ring (bicyclic) bond motifs is 1. The number of nitrogens with zero attached hydrogens (tertiary/aromatic N) is 3. The van der Waals surface area contributed by atoms with E-state index >= 15 is 0 Å². The molecule has 36 heavy (non-hydrogen) atoms. The Kier molecular flexibility index (Phi) is 8.08. The van der Waals surface area contributed by atoms with Crippen molar-refractivity contribution in [2.75, 3.05) is 18.5 Å². The summed E-state index contributed by atoms with van der Waals surface area (Å²) >= 11 is 6.24. The summed E-state index contributed by atoms with van der Waals surface area (Å²) in [5.74, 6) is 0.296. The van der Waals surface area contributed by atoms with Crippen LogP contribution in [0.1, 0.15) is 42.0 Å². The highest BCUT2D eigenvalue weighted by atomic mass is 35.5. The van der Waals surface area contributed by atoms with Crippen LogP contribution in [-0.2, 0) is 0 Å². The molecule has 3 aromatic carbocycles. The molecular formula is C27H29BClN5O2. The maximum atomic E-state index is 13.8. The second kappa shape index (κ2) is 11.4. The monoisotopic (exact) mass is 501 g/mol. The minimum absolute atomic E-state index is 0.134. The van der Waals surface area contributed by atoms with Crippen LogP contribution >= 0.6 is 11.6 Å². The Labute approximate surface area is 216 Å². The second-order valence-corrected chi connectivity index (χ2v) is 9.12. The van der Waals surface area contributed by atoms with Crippen molar-refractivity contribution < 1.29 is 4.79 Å². The lowest BCUT2D eigenvalue weighted by atomic mass is 9.94. The highest BCUT2D eigenvalue weighted by Gasteiger charge is 2.29. The highest BCUT2D eigenvalue weighted by Crippen LogP contribution is 2.27. The molecule has 1 aromatic heterocycles. The predicted molar refractivity (Wildman–Crippen MR) is 149 cm³/mol. The van der Waals surface area contributed by atoms with Crippen molar-refractivity contribution in [3.8, 4) is 0 Å². The number of para-hydroxylation sites is 1. The molecule has 0 radical (unpaired) electrons. The number of benzene rings is 3. The number of hydrogen-bond donors (Lipinski definition) is 2. The van der Waals surface area contributed by atoms with E-state index in [0.29, 0.717) is 53.2 Å². The summed E-state index contributed by atoms with van der Waals surface area (Å²) in [7, 11) is 1.95. The van der Waals surface area contributed by atoms with Crippen molar-refractivity contribution in [2.24, 2.45) is 5.73 Å². The fraction of sp³-hybridized carbons (Fsp3) is 0.222. The Morgan fingerprint density at radius 2 is 1.92 bits per heavy atom. The van der Waals surface area contributed by atoms with Gasteiger partial charge in [-0.15, -0.1) is 0 Å². The van der Waals surface area contributed by atoms with Crippen LogP contribution in [0.4, 0.5) is 5.69 Å². The Morgan fingerprint density at radius 1 is 1.14 bits per heavy atom. The Morgan fingerprint density at radius 3 is 2.61 bits per heavy atom. The van der Waals surface area contributed by atoms with Gasteiger partial charge in [0.2, 0.25) is 0 Å². The van der Waals surface area contributed by atoms with Crippen molar-refractivity contribution in [2.45, 2.75) is 25.8 Å². The number of nitrogens with two attached hydrogens (primary N) is 1. The molecule has 0 saturated carbocycles. The van der Waals surface area contributed by atoms with Crippen molar-refractivity contribution in [1.29, 1.82) is 0 Å². The first kappa shape index (κ1) is 25.5. The molecule has 1 heterocycles. The minimum Gasteiger partial charge on any atom is -0.330 e. The van der Waals surface area contributed by atoms with Gasteiger partial charge >= 0.3 is 0 Å². The maximum Gasteiger partial charge on any atom is 0.280 e. The van der Waals surface area contributed by atoms with Gasteiger partial charge in [-0.3, -0.25) is 15.0 Å². The lowest BCUT2D eigenvalue weighted by Gasteiger charge is -2.32. The number of rotatable bonds is 9. The molecule has 1 amide bonds. The van der Waals surface area contributed by atoms with Gasteiger partial charge in [0.1, 0.15) is 7.85 Å². The quantitative estimate of drug-likeness (QED) is 0.344. The van der Waals surface area contributed by atoms with E-state index in [1.54, 1.807) is 29.2 Å². The molecule has 7 nitrogen and oxygen atoms in total. The molecule has 0 saturated heterocycles. The van der Waals surface area contributed by atoms with E-state index in [-0.39, 0.29) is 11.5 Å². The van der Waals surface area contributed by atoms with Crippen molar-refractivity contribution >= 4 is 47.4 Å². The summed E-state index contributed by atoms with van der Waals surface area (Å²) in [5.41, 5.74) is 11.6. The lowest BCUT2D eigenvalue weighted by Crippen LogP contribution is -2.41. The van der Waals surface area contributed by atoms with E-state index in [2.05, 4.69) is 5.43 Å². The number of halogens is 1.